The molecule has 0 atom stereocenters. The van der Waals surface area contributed by atoms with Crippen LogP contribution in [-0.2, 0) is 13.2 Å². The molecule has 0 aliphatic rings. The fourth-order valence-corrected chi connectivity index (χ4v) is 2.34. The molecule has 2 heterocycles. The first-order valence-corrected chi connectivity index (χ1v) is 7.85. The summed E-state index contributed by atoms with van der Waals surface area (Å²) in [5.74, 6) is 1.46. The second kappa shape index (κ2) is 7.47. The van der Waals surface area contributed by atoms with Gasteiger partial charge in [0.15, 0.2) is 5.76 Å². The predicted octanol–water partition coefficient (Wildman–Crippen LogP) is 4.69. The van der Waals surface area contributed by atoms with Crippen molar-refractivity contribution in [3.8, 4) is 5.75 Å². The number of nitrogens with one attached hydrogen (secondary N) is 1. The smallest absolute Gasteiger partial charge is 0.287 e. The van der Waals surface area contributed by atoms with Gasteiger partial charge < -0.3 is 18.9 Å². The van der Waals surface area contributed by atoms with Gasteiger partial charge in [0.2, 0.25) is 0 Å². The lowest BCUT2D eigenvalue weighted by Crippen LogP contribution is -2.21. The van der Waals surface area contributed by atoms with Gasteiger partial charge in [-0.15, -0.1) is 0 Å². The molecule has 2 aromatic heterocycles. The van der Waals surface area contributed by atoms with E-state index in [0.717, 1.165) is 0 Å². The van der Waals surface area contributed by atoms with Gasteiger partial charge in [-0.3, -0.25) is 4.79 Å². The number of rotatable bonds is 6. The summed E-state index contributed by atoms with van der Waals surface area (Å²) >= 11 is 12.0. The summed E-state index contributed by atoms with van der Waals surface area (Å²) in [5.41, 5.74) is 0. The summed E-state index contributed by atoms with van der Waals surface area (Å²) in [7, 11) is 0. The average molecular weight is 366 g/mol. The van der Waals surface area contributed by atoms with Gasteiger partial charge in [-0.1, -0.05) is 29.3 Å². The zero-order valence-electron chi connectivity index (χ0n) is 12.4. The zero-order chi connectivity index (χ0) is 16.9. The summed E-state index contributed by atoms with van der Waals surface area (Å²) < 4.78 is 16.2. The average Bonchev–Trinajstić information content (AvgIpc) is 3.25. The molecule has 0 unspecified atom stereocenters. The Bertz CT molecular complexity index is 827. The highest BCUT2D eigenvalue weighted by Gasteiger charge is 2.12. The summed E-state index contributed by atoms with van der Waals surface area (Å²) in [4.78, 5) is 12.0. The Kier molecular flexibility index (Phi) is 5.13. The molecule has 5 nitrogen and oxygen atoms in total. The molecule has 1 aromatic carbocycles. The maximum Gasteiger partial charge on any atom is 0.287 e. The summed E-state index contributed by atoms with van der Waals surface area (Å²) in [5, 5.41) is 3.44. The molecule has 124 valence electrons. The minimum absolute atomic E-state index is 0.130. The summed E-state index contributed by atoms with van der Waals surface area (Å²) in [6.45, 7) is 0.419. The van der Waals surface area contributed by atoms with E-state index in [0.29, 0.717) is 27.3 Å². The lowest BCUT2D eigenvalue weighted by Gasteiger charge is -2.07. The lowest BCUT2D eigenvalue weighted by atomic mass is 10.3. The van der Waals surface area contributed by atoms with Gasteiger partial charge >= 0.3 is 0 Å². The normalized spacial score (nSPS) is 10.6. The molecule has 0 bridgehead atoms. The molecule has 0 fully saturated rings. The first kappa shape index (κ1) is 16.5. The highest BCUT2D eigenvalue weighted by Crippen LogP contribution is 2.32. The van der Waals surface area contributed by atoms with Crippen molar-refractivity contribution in [1.82, 2.24) is 5.32 Å². The number of benzene rings is 1. The van der Waals surface area contributed by atoms with E-state index < -0.39 is 0 Å². The van der Waals surface area contributed by atoms with Crippen LogP contribution in [0.5, 0.6) is 5.75 Å². The Labute approximate surface area is 148 Å². The van der Waals surface area contributed by atoms with Crippen LogP contribution in [0.15, 0.2) is 57.6 Å². The molecule has 0 aliphatic carbocycles. The quantitative estimate of drug-likeness (QED) is 0.688. The minimum Gasteiger partial charge on any atom is -0.484 e. The third-order valence-corrected chi connectivity index (χ3v) is 3.98. The minimum atomic E-state index is -0.335. The number of amides is 1. The Morgan fingerprint density at radius 2 is 1.96 bits per heavy atom. The van der Waals surface area contributed by atoms with Crippen LogP contribution in [0.2, 0.25) is 10.0 Å². The van der Waals surface area contributed by atoms with Crippen LogP contribution in [0.3, 0.4) is 0 Å². The lowest BCUT2D eigenvalue weighted by molar-refractivity contribution is 0.0916. The van der Waals surface area contributed by atoms with Gasteiger partial charge in [0.05, 0.1) is 17.8 Å². The van der Waals surface area contributed by atoms with Crippen LogP contribution < -0.4 is 10.1 Å². The Morgan fingerprint density at radius 1 is 1.08 bits per heavy atom. The van der Waals surface area contributed by atoms with E-state index in [1.807, 2.05) is 0 Å². The van der Waals surface area contributed by atoms with E-state index >= 15 is 0 Å². The van der Waals surface area contributed by atoms with Crippen molar-refractivity contribution in [2.24, 2.45) is 0 Å². The Hall–Kier alpha value is -2.37. The molecule has 7 heteroatoms. The largest absolute Gasteiger partial charge is 0.484 e. The van der Waals surface area contributed by atoms with Crippen LogP contribution in [0.4, 0.5) is 0 Å². The second-order valence-corrected chi connectivity index (χ2v) is 5.65. The van der Waals surface area contributed by atoms with E-state index in [2.05, 4.69) is 5.32 Å². The molecule has 3 rings (SSSR count). The van der Waals surface area contributed by atoms with E-state index in [4.69, 9.17) is 36.8 Å². The van der Waals surface area contributed by atoms with Crippen LogP contribution >= 0.6 is 23.2 Å². The van der Waals surface area contributed by atoms with Crippen molar-refractivity contribution in [2.75, 3.05) is 0 Å². The molecule has 1 N–H and O–H groups in total. The molecule has 0 radical (unpaired) electrons. The fourth-order valence-electron chi connectivity index (χ4n) is 1.99. The monoisotopic (exact) mass is 365 g/mol. The molecule has 0 spiro atoms. The molecule has 24 heavy (non-hydrogen) atoms. The number of carbonyl (C=O) groups is 1. The van der Waals surface area contributed by atoms with Gasteiger partial charge in [0.25, 0.3) is 5.91 Å². The molecule has 0 saturated heterocycles. The zero-order valence-corrected chi connectivity index (χ0v) is 13.9. The van der Waals surface area contributed by atoms with Crippen molar-refractivity contribution < 1.29 is 18.4 Å². The molecular weight excluding hydrogens is 353 g/mol. The van der Waals surface area contributed by atoms with Gasteiger partial charge in [0.1, 0.15) is 28.9 Å². The number of hydrogen-bond acceptors (Lipinski definition) is 4. The maximum absolute atomic E-state index is 12.0. The molecule has 0 aliphatic heterocycles. The SMILES string of the molecule is O=C(NCc1ccco1)c1ccc(COc2cccc(Cl)c2Cl)o1. The van der Waals surface area contributed by atoms with Crippen molar-refractivity contribution in [2.45, 2.75) is 13.2 Å². The van der Waals surface area contributed by atoms with Crippen molar-refractivity contribution >= 4 is 29.1 Å². The predicted molar refractivity (Wildman–Crippen MR) is 89.4 cm³/mol. The number of furan rings is 2. The third-order valence-electron chi connectivity index (χ3n) is 3.17. The third kappa shape index (κ3) is 3.93. The van der Waals surface area contributed by atoms with E-state index in [-0.39, 0.29) is 24.8 Å². The highest BCUT2D eigenvalue weighted by molar-refractivity contribution is 6.42. The highest BCUT2D eigenvalue weighted by atomic mass is 35.5. The van der Waals surface area contributed by atoms with Gasteiger partial charge in [-0.05, 0) is 36.4 Å². The van der Waals surface area contributed by atoms with Crippen LogP contribution in [-0.4, -0.2) is 5.91 Å². The maximum atomic E-state index is 12.0. The fraction of sp³-hybridized carbons (Fsp3) is 0.118. The number of halogens is 2. The number of carbonyl (C=O) groups excluding carboxylic acids is 1. The molecule has 0 saturated carbocycles. The van der Waals surface area contributed by atoms with Crippen LogP contribution in [0.1, 0.15) is 22.1 Å². The molecule has 3 aromatic rings. The van der Waals surface area contributed by atoms with Crippen molar-refractivity contribution in [3.05, 3.63) is 76.1 Å². The summed E-state index contributed by atoms with van der Waals surface area (Å²) in [6.07, 6.45) is 1.55. The van der Waals surface area contributed by atoms with Gasteiger partial charge in [-0.25, -0.2) is 0 Å². The topological polar surface area (TPSA) is 64.6 Å². The van der Waals surface area contributed by atoms with E-state index in [1.165, 1.54) is 0 Å². The Balaban J connectivity index is 1.57. The number of ether oxygens (including phenoxy) is 1. The van der Waals surface area contributed by atoms with Crippen molar-refractivity contribution in [3.63, 3.8) is 0 Å². The standard InChI is InChI=1S/C17H13Cl2NO4/c18-13-4-1-5-14(16(13)19)23-10-12-6-7-15(24-12)17(21)20-9-11-3-2-8-22-11/h1-8H,9-10H2,(H,20,21). The first-order valence-electron chi connectivity index (χ1n) is 7.09. The molecule has 1 amide bonds. The molecular formula is C17H13Cl2NO4. The summed E-state index contributed by atoms with van der Waals surface area (Å²) in [6, 6.07) is 11.9. The van der Waals surface area contributed by atoms with Gasteiger partial charge in [0, 0.05) is 0 Å². The van der Waals surface area contributed by atoms with Crippen molar-refractivity contribution in [1.29, 1.82) is 0 Å². The Morgan fingerprint density at radius 3 is 2.75 bits per heavy atom. The van der Waals surface area contributed by atoms with Crippen LogP contribution in [0.25, 0.3) is 0 Å². The van der Waals surface area contributed by atoms with E-state index in [9.17, 15) is 4.79 Å². The second-order valence-electron chi connectivity index (χ2n) is 4.87. The first-order chi connectivity index (χ1) is 11.6. The number of hydrogen-bond donors (Lipinski definition) is 1. The van der Waals surface area contributed by atoms with E-state index in [1.54, 1.807) is 48.7 Å². The van der Waals surface area contributed by atoms with Gasteiger partial charge in [-0.2, -0.15) is 0 Å². The van der Waals surface area contributed by atoms with Crippen LogP contribution in [0, 0.1) is 0 Å².